The lowest BCUT2D eigenvalue weighted by Crippen LogP contribution is -1.97. The van der Waals surface area contributed by atoms with E-state index in [0.29, 0.717) is 0 Å². The number of benzene rings is 1. The maximum Gasteiger partial charge on any atom is 0.0495 e. The predicted molar refractivity (Wildman–Crippen MR) is 63.5 cm³/mol. The highest BCUT2D eigenvalue weighted by atomic mass is 35.5. The molecule has 0 nitrogen and oxygen atoms in total. The van der Waals surface area contributed by atoms with Crippen LogP contribution in [0.15, 0.2) is 18.2 Å². The van der Waals surface area contributed by atoms with E-state index in [1.807, 2.05) is 23.5 Å². The zero-order valence-corrected chi connectivity index (χ0v) is 9.42. The third-order valence-electron chi connectivity index (χ3n) is 2.93. The molecule has 2 heteroatoms. The molecule has 0 atom stereocenters. The summed E-state index contributed by atoms with van der Waals surface area (Å²) in [6.45, 7) is 0. The largest absolute Gasteiger partial charge is 0.140 e. The van der Waals surface area contributed by atoms with Crippen molar-refractivity contribution in [2.24, 2.45) is 0 Å². The lowest BCUT2D eigenvalue weighted by molar-refractivity contribution is 0.700. The van der Waals surface area contributed by atoms with E-state index in [0.717, 1.165) is 5.02 Å². The standard InChI is InChI=1S/C12H11ClS/c13-9-5-3-7-11-12(9)8-4-1-2-6-10(8)14-11/h3,5,7H,1-2,4,6H2. The Morgan fingerprint density at radius 3 is 2.93 bits per heavy atom. The molecule has 0 amide bonds. The molecule has 0 saturated heterocycles. The molecule has 0 radical (unpaired) electrons. The van der Waals surface area contributed by atoms with Crippen molar-refractivity contribution >= 4 is 33.0 Å². The van der Waals surface area contributed by atoms with Crippen molar-refractivity contribution in [3.63, 3.8) is 0 Å². The van der Waals surface area contributed by atoms with Crippen molar-refractivity contribution in [1.82, 2.24) is 0 Å². The fourth-order valence-electron chi connectivity index (χ4n) is 2.27. The number of thiophene rings is 1. The summed E-state index contributed by atoms with van der Waals surface area (Å²) >= 11 is 8.17. The maximum atomic E-state index is 6.24. The van der Waals surface area contributed by atoms with E-state index in [9.17, 15) is 0 Å². The molecular weight excluding hydrogens is 212 g/mol. The number of halogens is 1. The van der Waals surface area contributed by atoms with Gasteiger partial charge in [0.25, 0.3) is 0 Å². The summed E-state index contributed by atoms with van der Waals surface area (Å²) in [5.41, 5.74) is 1.53. The number of hydrogen-bond acceptors (Lipinski definition) is 1. The Bertz CT molecular complexity index is 484. The number of aryl methyl sites for hydroxylation is 2. The normalized spacial score (nSPS) is 15.8. The summed E-state index contributed by atoms with van der Waals surface area (Å²) in [4.78, 5) is 1.57. The zero-order valence-electron chi connectivity index (χ0n) is 7.85. The average Bonchev–Trinajstić information content (AvgIpc) is 2.57. The third-order valence-corrected chi connectivity index (χ3v) is 4.50. The zero-order chi connectivity index (χ0) is 9.54. The van der Waals surface area contributed by atoms with Gasteiger partial charge in [0.1, 0.15) is 0 Å². The highest BCUT2D eigenvalue weighted by Gasteiger charge is 2.16. The second kappa shape index (κ2) is 3.25. The van der Waals surface area contributed by atoms with Gasteiger partial charge in [-0.3, -0.25) is 0 Å². The Balaban J connectivity index is 2.38. The maximum absolute atomic E-state index is 6.24. The second-order valence-electron chi connectivity index (χ2n) is 3.82. The first-order valence-corrected chi connectivity index (χ1v) is 6.24. The summed E-state index contributed by atoms with van der Waals surface area (Å²) in [6, 6.07) is 6.24. The number of hydrogen-bond donors (Lipinski definition) is 0. The molecule has 0 saturated carbocycles. The number of fused-ring (bicyclic) bond motifs is 3. The van der Waals surface area contributed by atoms with Gasteiger partial charge in [0.15, 0.2) is 0 Å². The van der Waals surface area contributed by atoms with Crippen LogP contribution in [0.3, 0.4) is 0 Å². The van der Waals surface area contributed by atoms with Crippen molar-refractivity contribution in [3.8, 4) is 0 Å². The van der Waals surface area contributed by atoms with E-state index in [2.05, 4.69) is 6.07 Å². The molecule has 1 aliphatic carbocycles. The monoisotopic (exact) mass is 222 g/mol. The van der Waals surface area contributed by atoms with Gasteiger partial charge in [0.2, 0.25) is 0 Å². The van der Waals surface area contributed by atoms with Crippen LogP contribution in [-0.4, -0.2) is 0 Å². The third kappa shape index (κ3) is 1.19. The van der Waals surface area contributed by atoms with E-state index in [4.69, 9.17) is 11.6 Å². The molecule has 1 aromatic carbocycles. The molecule has 1 heterocycles. The molecule has 0 bridgehead atoms. The molecule has 1 aromatic heterocycles. The van der Waals surface area contributed by atoms with Crippen LogP contribution in [0.5, 0.6) is 0 Å². The first kappa shape index (κ1) is 8.75. The molecule has 14 heavy (non-hydrogen) atoms. The van der Waals surface area contributed by atoms with Gasteiger partial charge in [-0.25, -0.2) is 0 Å². The minimum absolute atomic E-state index is 0.932. The van der Waals surface area contributed by atoms with Crippen LogP contribution in [-0.2, 0) is 12.8 Å². The van der Waals surface area contributed by atoms with Crippen molar-refractivity contribution in [1.29, 1.82) is 0 Å². The van der Waals surface area contributed by atoms with Crippen LogP contribution in [0.1, 0.15) is 23.3 Å². The van der Waals surface area contributed by atoms with Gasteiger partial charge in [-0.1, -0.05) is 17.7 Å². The van der Waals surface area contributed by atoms with Crippen molar-refractivity contribution in [2.45, 2.75) is 25.7 Å². The lowest BCUT2D eigenvalue weighted by atomic mass is 9.96. The first-order chi connectivity index (χ1) is 6.86. The van der Waals surface area contributed by atoms with Crippen LogP contribution < -0.4 is 0 Å². The van der Waals surface area contributed by atoms with Gasteiger partial charge in [0, 0.05) is 20.0 Å². The quantitative estimate of drug-likeness (QED) is 0.619. The fourth-order valence-corrected chi connectivity index (χ4v) is 3.94. The van der Waals surface area contributed by atoms with Crippen LogP contribution >= 0.6 is 22.9 Å². The molecule has 0 fully saturated rings. The Morgan fingerprint density at radius 2 is 2.00 bits per heavy atom. The predicted octanol–water partition coefficient (Wildman–Crippen LogP) is 4.43. The minimum atomic E-state index is 0.932. The van der Waals surface area contributed by atoms with Crippen LogP contribution in [0.4, 0.5) is 0 Å². The molecular formula is C12H11ClS. The Kier molecular flexibility index (Phi) is 2.03. The van der Waals surface area contributed by atoms with Crippen LogP contribution in [0.2, 0.25) is 5.02 Å². The van der Waals surface area contributed by atoms with Gasteiger partial charge < -0.3 is 0 Å². The molecule has 2 aromatic rings. The molecule has 0 unspecified atom stereocenters. The van der Waals surface area contributed by atoms with Gasteiger partial charge >= 0.3 is 0 Å². The van der Waals surface area contributed by atoms with Crippen LogP contribution in [0, 0.1) is 0 Å². The van der Waals surface area contributed by atoms with Crippen LogP contribution in [0.25, 0.3) is 10.1 Å². The lowest BCUT2D eigenvalue weighted by Gasteiger charge is -2.10. The molecule has 0 N–H and O–H groups in total. The van der Waals surface area contributed by atoms with Gasteiger partial charge in [-0.05, 0) is 43.4 Å². The summed E-state index contributed by atoms with van der Waals surface area (Å²) in [5, 5.41) is 2.26. The van der Waals surface area contributed by atoms with Crippen molar-refractivity contribution < 1.29 is 0 Å². The van der Waals surface area contributed by atoms with Gasteiger partial charge in [-0.15, -0.1) is 11.3 Å². The first-order valence-electron chi connectivity index (χ1n) is 5.05. The van der Waals surface area contributed by atoms with E-state index in [1.165, 1.54) is 41.3 Å². The molecule has 0 spiro atoms. The van der Waals surface area contributed by atoms with E-state index in [1.54, 1.807) is 4.88 Å². The van der Waals surface area contributed by atoms with Crippen molar-refractivity contribution in [2.75, 3.05) is 0 Å². The van der Waals surface area contributed by atoms with Gasteiger partial charge in [-0.2, -0.15) is 0 Å². The minimum Gasteiger partial charge on any atom is -0.140 e. The SMILES string of the molecule is Clc1cccc2sc3c(c12)CCCC3. The average molecular weight is 223 g/mol. The Morgan fingerprint density at radius 1 is 1.14 bits per heavy atom. The molecule has 0 aliphatic heterocycles. The smallest absolute Gasteiger partial charge is 0.0495 e. The molecule has 3 rings (SSSR count). The summed E-state index contributed by atoms with van der Waals surface area (Å²) in [6.07, 6.45) is 5.14. The summed E-state index contributed by atoms with van der Waals surface area (Å²) < 4.78 is 1.37. The Labute approximate surface area is 92.5 Å². The van der Waals surface area contributed by atoms with E-state index in [-0.39, 0.29) is 0 Å². The molecule has 1 aliphatic rings. The van der Waals surface area contributed by atoms with Gasteiger partial charge in [0.05, 0.1) is 0 Å². The van der Waals surface area contributed by atoms with E-state index < -0.39 is 0 Å². The summed E-state index contributed by atoms with van der Waals surface area (Å²) in [7, 11) is 0. The Hall–Kier alpha value is -0.530. The van der Waals surface area contributed by atoms with Crippen molar-refractivity contribution in [3.05, 3.63) is 33.7 Å². The second-order valence-corrected chi connectivity index (χ2v) is 5.37. The fraction of sp³-hybridized carbons (Fsp3) is 0.333. The molecule has 72 valence electrons. The number of rotatable bonds is 0. The van der Waals surface area contributed by atoms with E-state index >= 15 is 0 Å². The highest BCUT2D eigenvalue weighted by molar-refractivity contribution is 7.19. The highest BCUT2D eigenvalue weighted by Crippen LogP contribution is 2.39. The summed E-state index contributed by atoms with van der Waals surface area (Å²) in [5.74, 6) is 0. The topological polar surface area (TPSA) is 0 Å².